The summed E-state index contributed by atoms with van der Waals surface area (Å²) < 4.78 is 0. The topological polar surface area (TPSA) is 72.7 Å². The summed E-state index contributed by atoms with van der Waals surface area (Å²) in [6.45, 7) is 12.7. The minimum atomic E-state index is -0.283. The number of carbonyl (C=O) groups excluding carboxylic acids is 1. The van der Waals surface area contributed by atoms with Gasteiger partial charge in [0.1, 0.15) is 6.54 Å². The molecule has 0 aliphatic heterocycles. The van der Waals surface area contributed by atoms with Gasteiger partial charge in [0.05, 0.1) is 0 Å². The number of benzene rings is 1. The Balaban J connectivity index is 1.99. The molecule has 1 heterocycles. The molecule has 25 heavy (non-hydrogen) atoms. The third-order valence-electron chi connectivity index (χ3n) is 3.81. The second-order valence-corrected chi connectivity index (χ2v) is 8.36. The summed E-state index contributed by atoms with van der Waals surface area (Å²) in [5.41, 5.74) is 2.02. The molecule has 0 fully saturated rings. The van der Waals surface area contributed by atoms with Gasteiger partial charge < -0.3 is 5.32 Å². The van der Waals surface area contributed by atoms with Gasteiger partial charge in [0.2, 0.25) is 11.7 Å². The van der Waals surface area contributed by atoms with Crippen molar-refractivity contribution >= 4 is 5.91 Å². The highest BCUT2D eigenvalue weighted by Crippen LogP contribution is 2.26. The molecule has 0 bridgehead atoms. The van der Waals surface area contributed by atoms with Crippen LogP contribution < -0.4 is 5.32 Å². The van der Waals surface area contributed by atoms with Crippen LogP contribution in [0.4, 0.5) is 0 Å². The van der Waals surface area contributed by atoms with Crippen LogP contribution in [-0.4, -0.2) is 31.7 Å². The number of aromatic nitrogens is 4. The van der Waals surface area contributed by atoms with Gasteiger partial charge >= 0.3 is 0 Å². The lowest BCUT2D eigenvalue weighted by Gasteiger charge is -2.33. The number of tetrazole rings is 1. The van der Waals surface area contributed by atoms with E-state index < -0.39 is 0 Å². The first-order valence-corrected chi connectivity index (χ1v) is 8.76. The zero-order valence-corrected chi connectivity index (χ0v) is 16.1. The van der Waals surface area contributed by atoms with Crippen molar-refractivity contribution < 1.29 is 4.79 Å². The molecule has 6 nitrogen and oxygen atoms in total. The van der Waals surface area contributed by atoms with Gasteiger partial charge in [-0.1, -0.05) is 52.0 Å². The quantitative estimate of drug-likeness (QED) is 0.874. The lowest BCUT2D eigenvalue weighted by atomic mass is 9.82. The molecule has 136 valence electrons. The van der Waals surface area contributed by atoms with Crippen LogP contribution in [0.25, 0.3) is 11.4 Å². The number of hydrogen-bond donors (Lipinski definition) is 1. The molecule has 2 aromatic rings. The molecule has 0 atom stereocenters. The Kier molecular flexibility index (Phi) is 5.60. The van der Waals surface area contributed by atoms with E-state index in [9.17, 15) is 4.79 Å². The van der Waals surface area contributed by atoms with Gasteiger partial charge in [-0.15, -0.1) is 10.2 Å². The van der Waals surface area contributed by atoms with Crippen LogP contribution in [0.2, 0.25) is 0 Å². The molecule has 0 aliphatic carbocycles. The van der Waals surface area contributed by atoms with Crippen LogP contribution in [0.3, 0.4) is 0 Å². The molecule has 1 amide bonds. The van der Waals surface area contributed by atoms with Gasteiger partial charge in [0.25, 0.3) is 0 Å². The molecule has 1 aromatic carbocycles. The molecule has 0 saturated heterocycles. The first-order valence-electron chi connectivity index (χ1n) is 8.76. The van der Waals surface area contributed by atoms with E-state index in [2.05, 4.69) is 60.6 Å². The fourth-order valence-corrected chi connectivity index (χ4v) is 3.23. The maximum Gasteiger partial charge on any atom is 0.244 e. The zero-order valence-electron chi connectivity index (χ0n) is 16.1. The molecule has 1 N–H and O–H groups in total. The number of nitrogens with one attached hydrogen (secondary N) is 1. The summed E-state index contributed by atoms with van der Waals surface area (Å²) in [6.07, 6.45) is 1.87. The SMILES string of the molecule is CCc1ccc(-c2nnn(CC(=O)NC(C)(C)CC(C)(C)C)n2)cc1. The predicted molar refractivity (Wildman–Crippen MR) is 98.9 cm³/mol. The van der Waals surface area contributed by atoms with E-state index >= 15 is 0 Å². The molecule has 0 saturated carbocycles. The highest BCUT2D eigenvalue weighted by Gasteiger charge is 2.27. The Hall–Kier alpha value is -2.24. The predicted octanol–water partition coefficient (Wildman–Crippen LogP) is 3.23. The Bertz CT molecular complexity index is 710. The van der Waals surface area contributed by atoms with Crippen molar-refractivity contribution in [1.29, 1.82) is 0 Å². The highest BCUT2D eigenvalue weighted by molar-refractivity contribution is 5.76. The smallest absolute Gasteiger partial charge is 0.244 e. The average Bonchev–Trinajstić information content (AvgIpc) is 2.92. The fraction of sp³-hybridized carbons (Fsp3) is 0.579. The Morgan fingerprint density at radius 3 is 2.32 bits per heavy atom. The number of carbonyl (C=O) groups is 1. The van der Waals surface area contributed by atoms with E-state index in [4.69, 9.17) is 0 Å². The van der Waals surface area contributed by atoms with E-state index in [1.54, 1.807) is 0 Å². The average molecular weight is 343 g/mol. The van der Waals surface area contributed by atoms with Crippen LogP contribution in [-0.2, 0) is 17.8 Å². The summed E-state index contributed by atoms with van der Waals surface area (Å²) in [7, 11) is 0. The van der Waals surface area contributed by atoms with Crippen LogP contribution in [0.5, 0.6) is 0 Å². The van der Waals surface area contributed by atoms with Crippen LogP contribution >= 0.6 is 0 Å². The third kappa shape index (κ3) is 5.96. The summed E-state index contributed by atoms with van der Waals surface area (Å²) in [5, 5.41) is 15.4. The molecule has 1 aromatic heterocycles. The van der Waals surface area contributed by atoms with Crippen molar-refractivity contribution in [2.75, 3.05) is 0 Å². The van der Waals surface area contributed by atoms with Gasteiger partial charge in [-0.25, -0.2) is 0 Å². The number of rotatable bonds is 6. The Morgan fingerprint density at radius 1 is 1.12 bits per heavy atom. The van der Waals surface area contributed by atoms with Gasteiger partial charge in [-0.2, -0.15) is 4.80 Å². The summed E-state index contributed by atoms with van der Waals surface area (Å²) in [6, 6.07) is 8.06. The minimum absolute atomic E-state index is 0.0631. The molecule has 6 heteroatoms. The zero-order chi connectivity index (χ0) is 18.7. The van der Waals surface area contributed by atoms with E-state index in [1.807, 2.05) is 26.0 Å². The minimum Gasteiger partial charge on any atom is -0.350 e. The summed E-state index contributed by atoms with van der Waals surface area (Å²) in [4.78, 5) is 13.6. The maximum atomic E-state index is 12.3. The number of hydrogen-bond acceptors (Lipinski definition) is 4. The van der Waals surface area contributed by atoms with Gasteiger partial charge in [0, 0.05) is 11.1 Å². The molecule has 0 unspecified atom stereocenters. The van der Waals surface area contributed by atoms with Crippen LogP contribution in [0.15, 0.2) is 24.3 Å². The van der Waals surface area contributed by atoms with Crippen molar-refractivity contribution in [3.63, 3.8) is 0 Å². The molecule has 2 rings (SSSR count). The largest absolute Gasteiger partial charge is 0.350 e. The lowest BCUT2D eigenvalue weighted by molar-refractivity contribution is -0.124. The normalized spacial score (nSPS) is 12.2. The molecule has 0 spiro atoms. The van der Waals surface area contributed by atoms with Crippen molar-refractivity contribution in [3.8, 4) is 11.4 Å². The highest BCUT2D eigenvalue weighted by atomic mass is 16.2. The van der Waals surface area contributed by atoms with Gasteiger partial charge in [-0.05, 0) is 42.9 Å². The summed E-state index contributed by atoms with van der Waals surface area (Å²) >= 11 is 0. The number of amides is 1. The van der Waals surface area contributed by atoms with Crippen molar-refractivity contribution in [2.24, 2.45) is 5.41 Å². The Labute approximate surface area is 150 Å². The summed E-state index contributed by atoms with van der Waals surface area (Å²) in [5.74, 6) is 0.420. The molecular weight excluding hydrogens is 314 g/mol. The maximum absolute atomic E-state index is 12.3. The van der Waals surface area contributed by atoms with Crippen LogP contribution in [0, 0.1) is 5.41 Å². The number of nitrogens with zero attached hydrogens (tertiary/aromatic N) is 4. The standard InChI is InChI=1S/C19H29N5O/c1-7-14-8-10-15(11-9-14)17-21-23-24(22-17)12-16(25)20-19(5,6)13-18(2,3)4/h8-11H,7,12-13H2,1-6H3,(H,20,25). The van der Waals surface area contributed by atoms with Crippen molar-refractivity contribution in [3.05, 3.63) is 29.8 Å². The first-order chi connectivity index (χ1) is 11.6. The monoisotopic (exact) mass is 343 g/mol. The van der Waals surface area contributed by atoms with Gasteiger partial charge in [0.15, 0.2) is 0 Å². The van der Waals surface area contributed by atoms with Gasteiger partial charge in [-0.3, -0.25) is 4.79 Å². The van der Waals surface area contributed by atoms with Crippen molar-refractivity contribution in [1.82, 2.24) is 25.5 Å². The van der Waals surface area contributed by atoms with E-state index in [-0.39, 0.29) is 23.4 Å². The second-order valence-electron chi connectivity index (χ2n) is 8.36. The first kappa shape index (κ1) is 19.1. The lowest BCUT2D eigenvalue weighted by Crippen LogP contribution is -2.47. The van der Waals surface area contributed by atoms with E-state index in [0.717, 1.165) is 18.4 Å². The van der Waals surface area contributed by atoms with E-state index in [0.29, 0.717) is 5.82 Å². The molecule has 0 radical (unpaired) electrons. The Morgan fingerprint density at radius 2 is 1.76 bits per heavy atom. The molecular formula is C19H29N5O. The fourth-order valence-electron chi connectivity index (χ4n) is 3.23. The van der Waals surface area contributed by atoms with Crippen LogP contribution in [0.1, 0.15) is 53.5 Å². The third-order valence-corrected chi connectivity index (χ3v) is 3.81. The molecule has 0 aliphatic rings. The second kappa shape index (κ2) is 7.33. The van der Waals surface area contributed by atoms with Crippen molar-refractivity contribution in [2.45, 2.75) is 66.5 Å². The number of aryl methyl sites for hydroxylation is 1. The van der Waals surface area contributed by atoms with E-state index in [1.165, 1.54) is 10.4 Å².